The molecule has 0 bridgehead atoms. The summed E-state index contributed by atoms with van der Waals surface area (Å²) in [6.45, 7) is 0.616. The third-order valence-electron chi connectivity index (χ3n) is 2.60. The molecule has 1 saturated carbocycles. The van der Waals surface area contributed by atoms with Gasteiger partial charge in [0.1, 0.15) is 0 Å². The molecule has 1 aromatic rings. The van der Waals surface area contributed by atoms with Gasteiger partial charge in [-0.25, -0.2) is 4.98 Å². The van der Waals surface area contributed by atoms with Gasteiger partial charge in [0, 0.05) is 24.8 Å². The average molecular weight is 208 g/mol. The van der Waals surface area contributed by atoms with E-state index in [1.165, 1.54) is 12.8 Å². The Kier molecular flexibility index (Phi) is 3.01. The molecular weight excluding hydrogens is 192 g/mol. The van der Waals surface area contributed by atoms with E-state index in [9.17, 15) is 0 Å². The summed E-state index contributed by atoms with van der Waals surface area (Å²) in [6, 6.07) is 2.01. The van der Waals surface area contributed by atoms with Crippen molar-refractivity contribution in [2.75, 3.05) is 19.0 Å². The minimum Gasteiger partial charge on any atom is -0.481 e. The number of hydrogen-bond acceptors (Lipinski definition) is 5. The topological polar surface area (TPSA) is 73.1 Å². The molecule has 0 radical (unpaired) electrons. The first-order chi connectivity index (χ1) is 7.33. The zero-order valence-electron chi connectivity index (χ0n) is 8.81. The lowest BCUT2D eigenvalue weighted by atomic mass is 10.2. The first-order valence-corrected chi connectivity index (χ1v) is 5.17. The van der Waals surface area contributed by atoms with Gasteiger partial charge in [-0.2, -0.15) is 4.98 Å². The minimum atomic E-state index is 0.289. The van der Waals surface area contributed by atoms with Gasteiger partial charge in [0.25, 0.3) is 0 Å². The minimum absolute atomic E-state index is 0.289. The molecule has 3 N–H and O–H groups in total. The number of ether oxygens (including phenoxy) is 1. The first kappa shape index (κ1) is 10.2. The summed E-state index contributed by atoms with van der Waals surface area (Å²) in [6.07, 6.45) is 4.17. The first-order valence-electron chi connectivity index (χ1n) is 5.17. The SMILES string of the molecule is COc1ccnc(NC(CN)C2CC2)n1. The van der Waals surface area contributed by atoms with Crippen LogP contribution in [0.3, 0.4) is 0 Å². The van der Waals surface area contributed by atoms with Gasteiger partial charge in [-0.1, -0.05) is 0 Å². The van der Waals surface area contributed by atoms with Crippen LogP contribution in [-0.2, 0) is 0 Å². The molecule has 1 aliphatic carbocycles. The molecule has 0 amide bonds. The van der Waals surface area contributed by atoms with Crippen LogP contribution in [0.2, 0.25) is 0 Å². The van der Waals surface area contributed by atoms with Crippen molar-refractivity contribution in [2.45, 2.75) is 18.9 Å². The van der Waals surface area contributed by atoms with Gasteiger partial charge in [-0.3, -0.25) is 0 Å². The van der Waals surface area contributed by atoms with Crippen molar-refractivity contribution < 1.29 is 4.74 Å². The Morgan fingerprint density at radius 3 is 3.07 bits per heavy atom. The molecule has 5 nitrogen and oxygen atoms in total. The van der Waals surface area contributed by atoms with Crippen LogP contribution in [0.4, 0.5) is 5.95 Å². The van der Waals surface area contributed by atoms with Crippen LogP contribution in [0.15, 0.2) is 12.3 Å². The number of nitrogens with zero attached hydrogens (tertiary/aromatic N) is 2. The highest BCUT2D eigenvalue weighted by Gasteiger charge is 2.30. The molecule has 15 heavy (non-hydrogen) atoms. The van der Waals surface area contributed by atoms with Gasteiger partial charge in [0.15, 0.2) is 0 Å². The Morgan fingerprint density at radius 2 is 2.47 bits per heavy atom. The van der Waals surface area contributed by atoms with Gasteiger partial charge in [-0.05, 0) is 18.8 Å². The van der Waals surface area contributed by atoms with Gasteiger partial charge in [0.2, 0.25) is 11.8 Å². The van der Waals surface area contributed by atoms with E-state index in [0.717, 1.165) is 0 Å². The molecule has 82 valence electrons. The van der Waals surface area contributed by atoms with Crippen molar-refractivity contribution >= 4 is 5.95 Å². The number of aromatic nitrogens is 2. The summed E-state index contributed by atoms with van der Waals surface area (Å²) in [5.41, 5.74) is 5.68. The Morgan fingerprint density at radius 1 is 1.67 bits per heavy atom. The molecule has 0 aromatic carbocycles. The van der Waals surface area contributed by atoms with Crippen LogP contribution in [0.5, 0.6) is 5.88 Å². The molecule has 1 aromatic heterocycles. The highest BCUT2D eigenvalue weighted by Crippen LogP contribution is 2.33. The van der Waals surface area contributed by atoms with Crippen LogP contribution >= 0.6 is 0 Å². The Bertz CT molecular complexity index is 327. The Labute approximate surface area is 89.1 Å². The van der Waals surface area contributed by atoms with E-state index in [0.29, 0.717) is 24.3 Å². The summed E-state index contributed by atoms with van der Waals surface area (Å²) in [5, 5.41) is 3.24. The zero-order chi connectivity index (χ0) is 10.7. The van der Waals surface area contributed by atoms with Crippen molar-refractivity contribution in [1.82, 2.24) is 9.97 Å². The quantitative estimate of drug-likeness (QED) is 0.742. The normalized spacial score (nSPS) is 17.2. The third-order valence-corrected chi connectivity index (χ3v) is 2.60. The number of nitrogens with one attached hydrogen (secondary N) is 1. The molecule has 5 heteroatoms. The Balaban J connectivity index is 2.01. The molecule has 0 spiro atoms. The van der Waals surface area contributed by atoms with E-state index >= 15 is 0 Å². The van der Waals surface area contributed by atoms with E-state index in [1.807, 2.05) is 0 Å². The summed E-state index contributed by atoms with van der Waals surface area (Å²) in [4.78, 5) is 8.32. The van der Waals surface area contributed by atoms with Crippen molar-refractivity contribution in [3.8, 4) is 5.88 Å². The third kappa shape index (κ3) is 2.56. The van der Waals surface area contributed by atoms with E-state index < -0.39 is 0 Å². The van der Waals surface area contributed by atoms with Crippen molar-refractivity contribution in [3.63, 3.8) is 0 Å². The fraction of sp³-hybridized carbons (Fsp3) is 0.600. The van der Waals surface area contributed by atoms with E-state index in [1.54, 1.807) is 19.4 Å². The highest BCUT2D eigenvalue weighted by atomic mass is 16.5. The summed E-state index contributed by atoms with van der Waals surface area (Å²) in [7, 11) is 1.59. The van der Waals surface area contributed by atoms with Gasteiger partial charge in [-0.15, -0.1) is 0 Å². The smallest absolute Gasteiger partial charge is 0.226 e. The van der Waals surface area contributed by atoms with Gasteiger partial charge < -0.3 is 15.8 Å². The van der Waals surface area contributed by atoms with Crippen LogP contribution in [0.25, 0.3) is 0 Å². The Hall–Kier alpha value is -1.36. The van der Waals surface area contributed by atoms with E-state index in [2.05, 4.69) is 15.3 Å². The maximum atomic E-state index is 5.68. The second kappa shape index (κ2) is 4.44. The molecule has 0 aliphatic heterocycles. The van der Waals surface area contributed by atoms with Crippen molar-refractivity contribution in [2.24, 2.45) is 11.7 Å². The maximum absolute atomic E-state index is 5.68. The predicted molar refractivity (Wildman–Crippen MR) is 57.8 cm³/mol. The summed E-state index contributed by atoms with van der Waals surface area (Å²) >= 11 is 0. The van der Waals surface area contributed by atoms with Crippen molar-refractivity contribution in [1.29, 1.82) is 0 Å². The highest BCUT2D eigenvalue weighted by molar-refractivity contribution is 5.29. The molecule has 0 saturated heterocycles. The fourth-order valence-electron chi connectivity index (χ4n) is 1.56. The average Bonchev–Trinajstić information content (AvgIpc) is 3.10. The number of rotatable bonds is 5. The number of methoxy groups -OCH3 is 1. The second-order valence-corrected chi connectivity index (χ2v) is 3.75. The molecule has 1 heterocycles. The van der Waals surface area contributed by atoms with Crippen LogP contribution < -0.4 is 15.8 Å². The summed E-state index contributed by atoms with van der Waals surface area (Å²) in [5.74, 6) is 1.85. The zero-order valence-corrected chi connectivity index (χ0v) is 8.81. The maximum Gasteiger partial charge on any atom is 0.226 e. The standard InChI is InChI=1S/C10H16N4O/c1-15-9-4-5-12-10(14-9)13-8(6-11)7-2-3-7/h4-5,7-8H,2-3,6,11H2,1H3,(H,12,13,14). The van der Waals surface area contributed by atoms with E-state index in [4.69, 9.17) is 10.5 Å². The lowest BCUT2D eigenvalue weighted by Gasteiger charge is -2.15. The van der Waals surface area contributed by atoms with E-state index in [-0.39, 0.29) is 6.04 Å². The largest absolute Gasteiger partial charge is 0.481 e. The molecular formula is C10H16N4O. The van der Waals surface area contributed by atoms with Crippen LogP contribution in [0, 0.1) is 5.92 Å². The monoisotopic (exact) mass is 208 g/mol. The molecule has 1 unspecified atom stereocenters. The number of hydrogen-bond donors (Lipinski definition) is 2. The number of nitrogens with two attached hydrogens (primary N) is 1. The molecule has 1 atom stereocenters. The van der Waals surface area contributed by atoms with Crippen LogP contribution in [-0.4, -0.2) is 29.7 Å². The van der Waals surface area contributed by atoms with Gasteiger partial charge >= 0.3 is 0 Å². The number of anilines is 1. The summed E-state index contributed by atoms with van der Waals surface area (Å²) < 4.78 is 5.02. The van der Waals surface area contributed by atoms with Gasteiger partial charge in [0.05, 0.1) is 7.11 Å². The van der Waals surface area contributed by atoms with Crippen molar-refractivity contribution in [3.05, 3.63) is 12.3 Å². The molecule has 1 fully saturated rings. The predicted octanol–water partition coefficient (Wildman–Crippen LogP) is 0.634. The molecule has 1 aliphatic rings. The second-order valence-electron chi connectivity index (χ2n) is 3.75. The molecule has 2 rings (SSSR count). The lowest BCUT2D eigenvalue weighted by molar-refractivity contribution is 0.397. The lowest BCUT2D eigenvalue weighted by Crippen LogP contribution is -2.31. The van der Waals surface area contributed by atoms with Crippen LogP contribution in [0.1, 0.15) is 12.8 Å². The fourth-order valence-corrected chi connectivity index (χ4v) is 1.56.